The molecule has 366 valence electrons. The van der Waals surface area contributed by atoms with E-state index in [1.807, 2.05) is 13.8 Å². The van der Waals surface area contributed by atoms with E-state index in [1.165, 1.54) is 17.0 Å². The average molecular weight is 982 g/mol. The highest BCUT2D eigenvalue weighted by molar-refractivity contribution is 8.82. The van der Waals surface area contributed by atoms with Gasteiger partial charge < -0.3 is 48.9 Å². The van der Waals surface area contributed by atoms with E-state index in [-0.39, 0.29) is 49.6 Å². The highest BCUT2D eigenvalue weighted by Gasteiger charge is 2.44. The Hall–Kier alpha value is -4.95. The Bertz CT molecular complexity index is 1930. The maximum absolute atomic E-state index is 14.8. The molecule has 0 bridgehead atoms. The summed E-state index contributed by atoms with van der Waals surface area (Å²) in [6.07, 6.45) is -0.409. The number of carbonyl (C=O) groups excluding carboxylic acids is 10. The van der Waals surface area contributed by atoms with Crippen molar-refractivity contribution < 1.29 is 53.1 Å². The molecular weight excluding hydrogens is 919 g/mol. The molecule has 2 saturated heterocycles. The van der Waals surface area contributed by atoms with Crippen molar-refractivity contribution in [3.8, 4) is 5.75 Å². The van der Waals surface area contributed by atoms with E-state index in [0.29, 0.717) is 29.2 Å². The van der Waals surface area contributed by atoms with E-state index in [4.69, 9.17) is 17.2 Å². The standard InChI is InChI=1S/C41H63N11O11S3/c1-5-21(4)33-39(62)46-24(12-13-30(42)54)36(59)47-25(17-31(43)55)34(57)40(52-14-6-7-29(52)38(61)48-26(15-20(2)3)35(58)45-18-32(44)56)65-66-41(63)28(19-64)51-50-27(37(60)49-33)16-22-8-10-23(53)11-9-22/h8-11,20-21,24-29,33,40,50-51,53,64H,5-7,12-19H2,1-4H3,(H2,42,54)(H2,43,55)(H2,44,56)(H,45,58)(H,46,62)(H,47,59)(H,48,61)(H,49,60)/t21-,24-,25-,26-,27-,28-,29-,33-,40?/m0/s1. The van der Waals surface area contributed by atoms with Crippen LogP contribution in [0.25, 0.3) is 0 Å². The Kier molecular flexibility index (Phi) is 22.7. The normalized spacial score (nSPS) is 25.1. The Morgan fingerprint density at radius 1 is 0.864 bits per heavy atom. The van der Waals surface area contributed by atoms with Crippen LogP contribution in [0.1, 0.15) is 78.2 Å². The molecule has 0 radical (unpaired) electrons. The van der Waals surface area contributed by atoms with E-state index in [9.17, 15) is 53.1 Å². The predicted octanol–water partition coefficient (Wildman–Crippen LogP) is -2.25. The number of likely N-dealkylation sites (tertiary alicyclic amines) is 1. The number of hydrogen-bond donors (Lipinski definition) is 12. The molecule has 2 aliphatic rings. The Morgan fingerprint density at radius 3 is 2.09 bits per heavy atom. The molecule has 3 rings (SSSR count). The minimum absolute atomic E-state index is 0.00591. The monoisotopic (exact) mass is 981 g/mol. The second kappa shape index (κ2) is 27.0. The van der Waals surface area contributed by atoms with E-state index in [2.05, 4.69) is 50.1 Å². The fraction of sp³-hybridized carbons (Fsp3) is 0.610. The lowest BCUT2D eigenvalue weighted by atomic mass is 9.96. The zero-order valence-corrected chi connectivity index (χ0v) is 39.9. The van der Waals surface area contributed by atoms with Crippen LogP contribution < -0.4 is 54.6 Å². The van der Waals surface area contributed by atoms with Gasteiger partial charge in [-0.1, -0.05) is 57.0 Å². The molecule has 8 amide bonds. The number of Topliss-reactive ketones (excluding diaryl/α,β-unsaturated/α-hetero) is 1. The maximum Gasteiger partial charge on any atom is 0.243 e. The topological polar surface area (TPSA) is 356 Å². The molecule has 2 aliphatic heterocycles. The van der Waals surface area contributed by atoms with Gasteiger partial charge in [-0.3, -0.25) is 52.8 Å². The van der Waals surface area contributed by atoms with Crippen molar-refractivity contribution in [2.45, 2.75) is 127 Å². The van der Waals surface area contributed by atoms with E-state index in [0.717, 1.165) is 10.8 Å². The van der Waals surface area contributed by atoms with Gasteiger partial charge in [0.2, 0.25) is 52.4 Å². The van der Waals surface area contributed by atoms with Gasteiger partial charge in [0.1, 0.15) is 35.3 Å². The number of nitrogens with zero attached hydrogens (tertiary/aromatic N) is 1. The molecule has 9 atom stereocenters. The van der Waals surface area contributed by atoms with Crippen molar-refractivity contribution in [3.05, 3.63) is 29.8 Å². The molecule has 0 spiro atoms. The number of hydrogen-bond acceptors (Lipinski definition) is 17. The average Bonchev–Trinajstić information content (AvgIpc) is 3.74. The zero-order chi connectivity index (χ0) is 49.2. The first-order valence-electron chi connectivity index (χ1n) is 21.6. The highest BCUT2D eigenvalue weighted by Crippen LogP contribution is 2.36. The highest BCUT2D eigenvalue weighted by atomic mass is 33.1. The van der Waals surface area contributed by atoms with Crippen LogP contribution in [0.15, 0.2) is 24.3 Å². The number of thiol groups is 1. The van der Waals surface area contributed by atoms with Crippen LogP contribution in [0, 0.1) is 11.8 Å². The summed E-state index contributed by atoms with van der Waals surface area (Å²) in [5, 5.41) is 20.8. The van der Waals surface area contributed by atoms with Gasteiger partial charge in [-0.2, -0.15) is 12.6 Å². The number of rotatable bonds is 18. The summed E-state index contributed by atoms with van der Waals surface area (Å²) in [4.78, 5) is 136. The largest absolute Gasteiger partial charge is 0.508 e. The summed E-state index contributed by atoms with van der Waals surface area (Å²) in [5.41, 5.74) is 22.6. The minimum Gasteiger partial charge on any atom is -0.508 e. The van der Waals surface area contributed by atoms with Gasteiger partial charge in [0.25, 0.3) is 0 Å². The number of carbonyl (C=O) groups is 10. The first-order chi connectivity index (χ1) is 31.1. The lowest BCUT2D eigenvalue weighted by Gasteiger charge is -2.34. The molecule has 0 aromatic heterocycles. The van der Waals surface area contributed by atoms with Crippen molar-refractivity contribution in [1.82, 2.24) is 42.3 Å². The summed E-state index contributed by atoms with van der Waals surface area (Å²) in [5.74, 6) is -8.07. The summed E-state index contributed by atoms with van der Waals surface area (Å²) < 4.78 is 0. The van der Waals surface area contributed by atoms with Crippen molar-refractivity contribution in [2.75, 3.05) is 18.8 Å². The van der Waals surface area contributed by atoms with Crippen LogP contribution in [0.4, 0.5) is 0 Å². The van der Waals surface area contributed by atoms with Gasteiger partial charge in [-0.15, -0.1) is 0 Å². The number of primary amides is 3. The number of phenolic OH excluding ortho intramolecular Hbond substituents is 1. The van der Waals surface area contributed by atoms with Crippen LogP contribution in [0.5, 0.6) is 5.75 Å². The first kappa shape index (κ1) is 55.4. The molecule has 2 fully saturated rings. The zero-order valence-electron chi connectivity index (χ0n) is 37.3. The Labute approximate surface area is 396 Å². The smallest absolute Gasteiger partial charge is 0.243 e. The number of amides is 8. The Morgan fingerprint density at radius 2 is 1.50 bits per heavy atom. The van der Waals surface area contributed by atoms with Crippen molar-refractivity contribution in [1.29, 1.82) is 0 Å². The van der Waals surface area contributed by atoms with E-state index < -0.39 is 131 Å². The van der Waals surface area contributed by atoms with Gasteiger partial charge >= 0.3 is 0 Å². The molecule has 0 saturated carbocycles. The number of aromatic hydroxyl groups is 1. The summed E-state index contributed by atoms with van der Waals surface area (Å²) in [6, 6.07) is -2.93. The number of ketones is 1. The van der Waals surface area contributed by atoms with Crippen molar-refractivity contribution in [3.63, 3.8) is 0 Å². The number of nitrogens with one attached hydrogen (secondary N) is 7. The summed E-state index contributed by atoms with van der Waals surface area (Å²) >= 11 is 4.36. The Balaban J connectivity index is 2.14. The molecule has 0 aliphatic carbocycles. The summed E-state index contributed by atoms with van der Waals surface area (Å²) in [6.45, 7) is 6.74. The predicted molar refractivity (Wildman–Crippen MR) is 249 cm³/mol. The third kappa shape index (κ3) is 17.4. The van der Waals surface area contributed by atoms with Gasteiger partial charge in [0.15, 0.2) is 5.78 Å². The first-order valence-corrected chi connectivity index (χ1v) is 24.4. The van der Waals surface area contributed by atoms with Gasteiger partial charge in [-0.05, 0) is 72.4 Å². The SMILES string of the molecule is CC[C@H](C)[C@@H]1NC(=O)[C@H](Cc2ccc(O)cc2)NN[C@@H](CS)C(=O)SSC(N2CCC[C@H]2C(=O)N[C@@H](CC(C)C)C(=O)NCC(N)=O)C(=O)[C@H](CC(N)=O)NC(=O)[C@H](CCC(N)=O)NC1=O. The maximum atomic E-state index is 14.8. The second-order valence-electron chi connectivity index (χ2n) is 16.6. The van der Waals surface area contributed by atoms with Crippen LogP contribution in [0.2, 0.25) is 0 Å². The lowest BCUT2D eigenvalue weighted by Crippen LogP contribution is -2.62. The third-order valence-electron chi connectivity index (χ3n) is 10.9. The lowest BCUT2D eigenvalue weighted by molar-refractivity contribution is -0.136. The minimum atomic E-state index is -1.70. The number of benzene rings is 1. The molecule has 2 heterocycles. The van der Waals surface area contributed by atoms with Gasteiger partial charge in [0, 0.05) is 18.7 Å². The second-order valence-corrected chi connectivity index (χ2v) is 19.3. The molecule has 25 heteroatoms. The molecule has 1 aromatic carbocycles. The third-order valence-corrected chi connectivity index (χ3v) is 13.8. The molecule has 66 heavy (non-hydrogen) atoms. The summed E-state index contributed by atoms with van der Waals surface area (Å²) in [7, 11) is 1.33. The fourth-order valence-corrected chi connectivity index (χ4v) is 10.1. The number of hydrazine groups is 1. The van der Waals surface area contributed by atoms with Crippen molar-refractivity contribution in [2.24, 2.45) is 29.0 Å². The molecule has 1 aromatic rings. The molecule has 1 unspecified atom stereocenters. The van der Waals surface area contributed by atoms with Crippen molar-refractivity contribution >= 4 is 92.4 Å². The number of phenols is 1. The van der Waals surface area contributed by atoms with E-state index in [1.54, 1.807) is 26.0 Å². The van der Waals surface area contributed by atoms with Crippen LogP contribution in [0.3, 0.4) is 0 Å². The van der Waals surface area contributed by atoms with Crippen LogP contribution >= 0.6 is 34.2 Å². The van der Waals surface area contributed by atoms with Gasteiger partial charge in [-0.25, -0.2) is 10.9 Å². The fourth-order valence-electron chi connectivity index (χ4n) is 7.14. The van der Waals surface area contributed by atoms with Gasteiger partial charge in [0.05, 0.1) is 31.1 Å². The molecular formula is C41H63N11O11S3. The molecule has 14 N–H and O–H groups in total. The molecule has 22 nitrogen and oxygen atoms in total. The van der Waals surface area contributed by atoms with E-state index >= 15 is 0 Å². The van der Waals surface area contributed by atoms with Crippen LogP contribution in [-0.4, -0.2) is 135 Å². The quantitative estimate of drug-likeness (QED) is 0.0546. The van der Waals surface area contributed by atoms with Crippen LogP contribution in [-0.2, 0) is 54.4 Å². The number of nitrogens with two attached hydrogens (primary N) is 3.